The maximum Gasteiger partial charge on any atom is 0.0632 e. The predicted molar refractivity (Wildman–Crippen MR) is 114 cm³/mol. The van der Waals surface area contributed by atoms with Crippen LogP contribution in [-0.2, 0) is 0 Å². The van der Waals surface area contributed by atoms with Crippen molar-refractivity contribution in [3.05, 3.63) is 58.7 Å². The third-order valence-electron chi connectivity index (χ3n) is 5.71. The van der Waals surface area contributed by atoms with E-state index in [1.807, 2.05) is 6.21 Å². The summed E-state index contributed by atoms with van der Waals surface area (Å²) in [5.74, 6) is 0.572. The molecule has 1 unspecified atom stereocenters. The van der Waals surface area contributed by atoms with Gasteiger partial charge in [-0.1, -0.05) is 26.0 Å². The molecule has 138 valence electrons. The van der Waals surface area contributed by atoms with E-state index in [0.29, 0.717) is 5.92 Å². The summed E-state index contributed by atoms with van der Waals surface area (Å²) in [5.41, 5.74) is 7.89. The highest BCUT2D eigenvalue weighted by Crippen LogP contribution is 2.43. The first-order valence-corrected chi connectivity index (χ1v) is 9.84. The molecule has 0 radical (unpaired) electrons. The van der Waals surface area contributed by atoms with Crippen LogP contribution in [0.25, 0.3) is 0 Å². The second-order valence-electron chi connectivity index (χ2n) is 8.41. The van der Waals surface area contributed by atoms with Crippen LogP contribution in [0.4, 0.5) is 11.4 Å². The van der Waals surface area contributed by atoms with Gasteiger partial charge in [-0.15, -0.1) is 0 Å². The van der Waals surface area contributed by atoms with Gasteiger partial charge in [0.15, 0.2) is 0 Å². The highest BCUT2D eigenvalue weighted by Gasteiger charge is 2.35. The van der Waals surface area contributed by atoms with E-state index in [1.54, 1.807) is 0 Å². The van der Waals surface area contributed by atoms with E-state index in [9.17, 15) is 0 Å². The Labute approximate surface area is 159 Å². The Morgan fingerprint density at radius 1 is 1.12 bits per heavy atom. The van der Waals surface area contributed by atoms with Crippen molar-refractivity contribution in [2.75, 3.05) is 11.4 Å². The van der Waals surface area contributed by atoms with Crippen LogP contribution in [0.5, 0.6) is 0 Å². The molecular formula is C24H32N2. The van der Waals surface area contributed by atoms with Gasteiger partial charge in [0, 0.05) is 24.0 Å². The van der Waals surface area contributed by atoms with Crippen LogP contribution in [0.1, 0.15) is 68.7 Å². The van der Waals surface area contributed by atoms with Crippen molar-refractivity contribution in [2.24, 2.45) is 4.99 Å². The van der Waals surface area contributed by atoms with Crippen LogP contribution in [0.15, 0.2) is 41.4 Å². The minimum Gasteiger partial charge on any atom is -0.366 e. The van der Waals surface area contributed by atoms with Crippen molar-refractivity contribution in [1.82, 2.24) is 0 Å². The highest BCUT2D eigenvalue weighted by molar-refractivity contribution is 5.84. The number of anilines is 1. The molecule has 2 aromatic rings. The maximum absolute atomic E-state index is 4.70. The third-order valence-corrected chi connectivity index (χ3v) is 5.71. The lowest BCUT2D eigenvalue weighted by Crippen LogP contribution is -2.48. The average molecular weight is 349 g/mol. The van der Waals surface area contributed by atoms with E-state index in [-0.39, 0.29) is 5.54 Å². The van der Waals surface area contributed by atoms with E-state index >= 15 is 0 Å². The molecule has 26 heavy (non-hydrogen) atoms. The fourth-order valence-corrected chi connectivity index (χ4v) is 4.19. The Bertz CT molecular complexity index is 817. The molecule has 1 atom stereocenters. The van der Waals surface area contributed by atoms with Crippen LogP contribution in [-0.4, -0.2) is 18.3 Å². The SMILES string of the molecule is CCCN1c2ccc(C=Nc3ccc(C)c(C)c3)cc2C(C)CC1(C)C. The monoisotopic (exact) mass is 348 g/mol. The van der Waals surface area contributed by atoms with Gasteiger partial charge in [0.2, 0.25) is 0 Å². The first kappa shape index (κ1) is 18.7. The number of hydrogen-bond acceptors (Lipinski definition) is 2. The van der Waals surface area contributed by atoms with E-state index in [1.165, 1.54) is 40.8 Å². The van der Waals surface area contributed by atoms with Crippen molar-refractivity contribution in [3.63, 3.8) is 0 Å². The molecule has 2 heteroatoms. The van der Waals surface area contributed by atoms with Crippen molar-refractivity contribution < 1.29 is 0 Å². The topological polar surface area (TPSA) is 15.6 Å². The summed E-state index contributed by atoms with van der Waals surface area (Å²) in [6, 6.07) is 13.2. The summed E-state index contributed by atoms with van der Waals surface area (Å²) in [4.78, 5) is 7.29. The molecule has 0 fully saturated rings. The quantitative estimate of drug-likeness (QED) is 0.572. The molecule has 3 rings (SSSR count). The summed E-state index contributed by atoms with van der Waals surface area (Å²) in [7, 11) is 0. The fourth-order valence-electron chi connectivity index (χ4n) is 4.19. The lowest BCUT2D eigenvalue weighted by Gasteiger charge is -2.47. The van der Waals surface area contributed by atoms with Crippen molar-refractivity contribution in [2.45, 2.75) is 65.8 Å². The maximum atomic E-state index is 4.70. The number of fused-ring (bicyclic) bond motifs is 1. The van der Waals surface area contributed by atoms with E-state index in [4.69, 9.17) is 4.99 Å². The number of aryl methyl sites for hydroxylation is 2. The molecular weight excluding hydrogens is 316 g/mol. The Morgan fingerprint density at radius 3 is 2.58 bits per heavy atom. The predicted octanol–water partition coefficient (Wildman–Crippen LogP) is 6.56. The largest absolute Gasteiger partial charge is 0.366 e. The second kappa shape index (κ2) is 7.26. The molecule has 0 aliphatic carbocycles. The fraction of sp³-hybridized carbons (Fsp3) is 0.458. The molecule has 0 amide bonds. The normalized spacial score (nSPS) is 19.0. The zero-order chi connectivity index (χ0) is 18.9. The van der Waals surface area contributed by atoms with Gasteiger partial charge in [-0.05, 0) is 93.0 Å². The Balaban J connectivity index is 1.91. The van der Waals surface area contributed by atoms with Crippen molar-refractivity contribution in [1.29, 1.82) is 0 Å². The summed E-state index contributed by atoms with van der Waals surface area (Å²) in [6.45, 7) is 14.7. The average Bonchev–Trinajstić information content (AvgIpc) is 2.59. The van der Waals surface area contributed by atoms with E-state index in [0.717, 1.165) is 12.2 Å². The van der Waals surface area contributed by atoms with Gasteiger partial charge >= 0.3 is 0 Å². The summed E-state index contributed by atoms with van der Waals surface area (Å²) < 4.78 is 0. The van der Waals surface area contributed by atoms with Crippen LogP contribution in [0.2, 0.25) is 0 Å². The highest BCUT2D eigenvalue weighted by atomic mass is 15.2. The molecule has 0 saturated carbocycles. The number of nitrogens with zero attached hydrogens (tertiary/aromatic N) is 2. The molecule has 2 nitrogen and oxygen atoms in total. The lowest BCUT2D eigenvalue weighted by atomic mass is 9.79. The van der Waals surface area contributed by atoms with Gasteiger partial charge in [-0.25, -0.2) is 0 Å². The zero-order valence-corrected chi connectivity index (χ0v) is 17.1. The van der Waals surface area contributed by atoms with Gasteiger partial charge in [0.05, 0.1) is 5.69 Å². The first-order valence-electron chi connectivity index (χ1n) is 9.84. The minimum absolute atomic E-state index is 0.220. The Kier molecular flexibility index (Phi) is 5.22. The second-order valence-corrected chi connectivity index (χ2v) is 8.41. The van der Waals surface area contributed by atoms with Gasteiger partial charge in [0.25, 0.3) is 0 Å². The van der Waals surface area contributed by atoms with Crippen molar-refractivity contribution in [3.8, 4) is 0 Å². The molecule has 0 aromatic heterocycles. The number of benzene rings is 2. The van der Waals surface area contributed by atoms with Crippen LogP contribution in [0.3, 0.4) is 0 Å². The van der Waals surface area contributed by atoms with Crippen LogP contribution < -0.4 is 4.90 Å². The van der Waals surface area contributed by atoms with Crippen molar-refractivity contribution >= 4 is 17.6 Å². The summed E-state index contributed by atoms with van der Waals surface area (Å²) in [5, 5.41) is 0. The number of hydrogen-bond donors (Lipinski definition) is 0. The Hall–Kier alpha value is -2.09. The van der Waals surface area contributed by atoms with Crippen LogP contribution in [0, 0.1) is 13.8 Å². The first-order chi connectivity index (χ1) is 12.3. The van der Waals surface area contributed by atoms with Crippen LogP contribution >= 0.6 is 0 Å². The van der Waals surface area contributed by atoms with Gasteiger partial charge in [-0.2, -0.15) is 0 Å². The molecule has 0 spiro atoms. The summed E-state index contributed by atoms with van der Waals surface area (Å²) in [6.07, 6.45) is 4.37. The molecule has 1 aliphatic rings. The number of aliphatic imine (C=N–C) groups is 1. The molecule has 0 saturated heterocycles. The number of rotatable bonds is 4. The molecule has 1 aliphatic heterocycles. The van der Waals surface area contributed by atoms with Gasteiger partial charge in [0.1, 0.15) is 0 Å². The minimum atomic E-state index is 0.220. The standard InChI is InChI=1S/C24H32N2/c1-7-12-26-23-11-9-20(14-22(23)19(4)15-24(26,5)6)16-25-21-10-8-17(2)18(3)13-21/h8-11,13-14,16,19H,7,12,15H2,1-6H3. The smallest absolute Gasteiger partial charge is 0.0632 e. The molecule has 0 bridgehead atoms. The zero-order valence-electron chi connectivity index (χ0n) is 17.1. The van der Waals surface area contributed by atoms with E-state index < -0.39 is 0 Å². The molecule has 0 N–H and O–H groups in total. The van der Waals surface area contributed by atoms with E-state index in [2.05, 4.69) is 82.8 Å². The lowest BCUT2D eigenvalue weighted by molar-refractivity contribution is 0.376. The van der Waals surface area contributed by atoms with Gasteiger partial charge < -0.3 is 4.90 Å². The third kappa shape index (κ3) is 3.70. The Morgan fingerprint density at radius 2 is 1.88 bits per heavy atom. The molecule has 2 aromatic carbocycles. The summed E-state index contributed by atoms with van der Waals surface area (Å²) >= 11 is 0. The molecule has 1 heterocycles. The van der Waals surface area contributed by atoms with Gasteiger partial charge in [-0.3, -0.25) is 4.99 Å².